The minimum atomic E-state index is -0.361. The zero-order valence-corrected chi connectivity index (χ0v) is 10.5. The van der Waals surface area contributed by atoms with Gasteiger partial charge in [0, 0.05) is 4.47 Å². The van der Waals surface area contributed by atoms with Crippen LogP contribution in [-0.4, -0.2) is 17.3 Å². The lowest BCUT2D eigenvalue weighted by Crippen LogP contribution is -2.25. The number of hydrogen-bond acceptors (Lipinski definition) is 2. The molecule has 0 bridgehead atoms. The molecule has 0 heterocycles. The van der Waals surface area contributed by atoms with Crippen LogP contribution in [0.3, 0.4) is 0 Å². The molecule has 0 spiro atoms. The van der Waals surface area contributed by atoms with E-state index in [0.717, 1.165) is 23.7 Å². The molecule has 2 nitrogen and oxygen atoms in total. The molecule has 0 amide bonds. The molecule has 4 heteroatoms. The van der Waals surface area contributed by atoms with Crippen LogP contribution in [0.1, 0.15) is 19.3 Å². The van der Waals surface area contributed by atoms with E-state index in [4.69, 9.17) is 16.3 Å². The first-order valence-electron chi connectivity index (χ1n) is 4.96. The van der Waals surface area contributed by atoms with Crippen molar-refractivity contribution in [2.45, 2.75) is 31.5 Å². The van der Waals surface area contributed by atoms with E-state index < -0.39 is 0 Å². The predicted molar refractivity (Wildman–Crippen MR) is 63.4 cm³/mol. The fourth-order valence-corrected chi connectivity index (χ4v) is 2.28. The van der Waals surface area contributed by atoms with E-state index >= 15 is 0 Å². The number of aliphatic hydroxyl groups is 1. The van der Waals surface area contributed by atoms with Gasteiger partial charge in [0.05, 0.1) is 11.1 Å². The highest BCUT2D eigenvalue weighted by Gasteiger charge is 2.27. The van der Waals surface area contributed by atoms with Gasteiger partial charge in [-0.05, 0) is 37.5 Å². The average molecular weight is 292 g/mol. The van der Waals surface area contributed by atoms with Crippen molar-refractivity contribution in [2.24, 2.45) is 0 Å². The van der Waals surface area contributed by atoms with Gasteiger partial charge in [-0.15, -0.1) is 0 Å². The van der Waals surface area contributed by atoms with Crippen molar-refractivity contribution in [3.8, 4) is 5.75 Å². The Balaban J connectivity index is 2.12. The monoisotopic (exact) mass is 290 g/mol. The molecule has 2 atom stereocenters. The number of hydrogen-bond donors (Lipinski definition) is 1. The third-order valence-electron chi connectivity index (χ3n) is 2.59. The summed E-state index contributed by atoms with van der Waals surface area (Å²) in [4.78, 5) is 0. The third-order valence-corrected chi connectivity index (χ3v) is 3.39. The molecule has 1 aromatic rings. The molecular formula is C11H12BrClO2. The van der Waals surface area contributed by atoms with Crippen molar-refractivity contribution >= 4 is 27.5 Å². The highest BCUT2D eigenvalue weighted by atomic mass is 79.9. The Morgan fingerprint density at radius 1 is 1.40 bits per heavy atom. The largest absolute Gasteiger partial charge is 0.486 e. The summed E-state index contributed by atoms with van der Waals surface area (Å²) in [6.07, 6.45) is 2.24. The van der Waals surface area contributed by atoms with Crippen LogP contribution in [0, 0.1) is 0 Å². The van der Waals surface area contributed by atoms with Gasteiger partial charge in [-0.3, -0.25) is 0 Å². The average Bonchev–Trinajstić information content (AvgIpc) is 2.58. The molecule has 0 saturated heterocycles. The summed E-state index contributed by atoms with van der Waals surface area (Å²) in [6, 6.07) is 5.47. The van der Waals surface area contributed by atoms with Crippen LogP contribution >= 0.6 is 27.5 Å². The van der Waals surface area contributed by atoms with Gasteiger partial charge < -0.3 is 9.84 Å². The van der Waals surface area contributed by atoms with Gasteiger partial charge >= 0.3 is 0 Å². The molecule has 82 valence electrons. The molecule has 1 aliphatic carbocycles. The van der Waals surface area contributed by atoms with Gasteiger partial charge in [-0.1, -0.05) is 27.5 Å². The minimum absolute atomic E-state index is 0.114. The van der Waals surface area contributed by atoms with E-state index in [1.165, 1.54) is 0 Å². The second-order valence-corrected chi connectivity index (χ2v) is 5.05. The Labute approximate surface area is 102 Å². The van der Waals surface area contributed by atoms with E-state index in [1.54, 1.807) is 6.07 Å². The molecule has 2 rings (SSSR count). The standard InChI is InChI=1S/C11H12BrClO2/c12-7-4-5-8(13)11(6-7)15-10-3-1-2-9(10)14/h4-6,9-10,14H,1-3H2/t9-,10-/m0/s1. The number of ether oxygens (including phenoxy) is 1. The molecule has 15 heavy (non-hydrogen) atoms. The van der Waals surface area contributed by atoms with Gasteiger partial charge in [0.1, 0.15) is 11.9 Å². The fourth-order valence-electron chi connectivity index (χ4n) is 1.77. The maximum atomic E-state index is 9.63. The second kappa shape index (κ2) is 4.73. The Morgan fingerprint density at radius 3 is 2.87 bits per heavy atom. The summed E-state index contributed by atoms with van der Waals surface area (Å²) >= 11 is 9.35. The van der Waals surface area contributed by atoms with Crippen LogP contribution in [0.15, 0.2) is 22.7 Å². The second-order valence-electron chi connectivity index (χ2n) is 3.73. The van der Waals surface area contributed by atoms with E-state index in [-0.39, 0.29) is 12.2 Å². The van der Waals surface area contributed by atoms with Gasteiger partial charge in [-0.2, -0.15) is 0 Å². The van der Waals surface area contributed by atoms with Crippen LogP contribution in [0.4, 0.5) is 0 Å². The molecular weight excluding hydrogens is 279 g/mol. The zero-order chi connectivity index (χ0) is 10.8. The van der Waals surface area contributed by atoms with Gasteiger partial charge in [0.2, 0.25) is 0 Å². The predicted octanol–water partition coefficient (Wildman–Crippen LogP) is 3.39. The summed E-state index contributed by atoms with van der Waals surface area (Å²) in [5, 5.41) is 10.2. The minimum Gasteiger partial charge on any atom is -0.486 e. The Kier molecular flexibility index (Phi) is 3.54. The van der Waals surface area contributed by atoms with Crippen LogP contribution in [0.5, 0.6) is 5.75 Å². The van der Waals surface area contributed by atoms with Gasteiger partial charge in [0.25, 0.3) is 0 Å². The molecule has 0 aromatic heterocycles. The SMILES string of the molecule is O[C@H]1CCC[C@@H]1Oc1cc(Br)ccc1Cl. The Morgan fingerprint density at radius 2 is 2.20 bits per heavy atom. The third kappa shape index (κ3) is 2.65. The van der Waals surface area contributed by atoms with Crippen molar-refractivity contribution < 1.29 is 9.84 Å². The molecule has 1 fully saturated rings. The summed E-state index contributed by atoms with van der Waals surface area (Å²) in [7, 11) is 0. The number of aliphatic hydroxyl groups excluding tert-OH is 1. The normalized spacial score (nSPS) is 25.5. The van der Waals surface area contributed by atoms with Crippen LogP contribution in [-0.2, 0) is 0 Å². The molecule has 0 radical (unpaired) electrons. The van der Waals surface area contributed by atoms with Gasteiger partial charge in [0.15, 0.2) is 0 Å². The lowest BCUT2D eigenvalue weighted by Gasteiger charge is -2.18. The van der Waals surface area contributed by atoms with Crippen molar-refractivity contribution in [1.82, 2.24) is 0 Å². The number of halogens is 2. The van der Waals surface area contributed by atoms with E-state index in [2.05, 4.69) is 15.9 Å². The molecule has 0 unspecified atom stereocenters. The summed E-state index contributed by atoms with van der Waals surface area (Å²) < 4.78 is 6.61. The van der Waals surface area contributed by atoms with Crippen molar-refractivity contribution in [2.75, 3.05) is 0 Å². The quantitative estimate of drug-likeness (QED) is 0.905. The van der Waals surface area contributed by atoms with Crippen LogP contribution in [0.25, 0.3) is 0 Å². The highest BCUT2D eigenvalue weighted by Crippen LogP contribution is 2.32. The Bertz CT molecular complexity index is 356. The number of benzene rings is 1. The van der Waals surface area contributed by atoms with Crippen molar-refractivity contribution in [3.05, 3.63) is 27.7 Å². The lowest BCUT2D eigenvalue weighted by molar-refractivity contribution is 0.0604. The maximum absolute atomic E-state index is 9.63. The zero-order valence-electron chi connectivity index (χ0n) is 8.12. The highest BCUT2D eigenvalue weighted by molar-refractivity contribution is 9.10. The van der Waals surface area contributed by atoms with E-state index in [9.17, 15) is 5.11 Å². The summed E-state index contributed by atoms with van der Waals surface area (Å²) in [5.41, 5.74) is 0. The van der Waals surface area contributed by atoms with Crippen molar-refractivity contribution in [3.63, 3.8) is 0 Å². The lowest BCUT2D eigenvalue weighted by atomic mass is 10.2. The van der Waals surface area contributed by atoms with E-state index in [1.807, 2.05) is 12.1 Å². The maximum Gasteiger partial charge on any atom is 0.139 e. The first-order valence-corrected chi connectivity index (χ1v) is 6.13. The molecule has 1 aliphatic rings. The summed E-state index contributed by atoms with van der Waals surface area (Å²) in [6.45, 7) is 0. The number of rotatable bonds is 2. The van der Waals surface area contributed by atoms with E-state index in [0.29, 0.717) is 10.8 Å². The molecule has 0 aliphatic heterocycles. The first-order chi connectivity index (χ1) is 7.16. The van der Waals surface area contributed by atoms with Crippen LogP contribution < -0.4 is 4.74 Å². The molecule has 1 N–H and O–H groups in total. The molecule has 1 aromatic carbocycles. The van der Waals surface area contributed by atoms with Crippen LogP contribution in [0.2, 0.25) is 5.02 Å². The Hall–Kier alpha value is -0.250. The first kappa shape index (κ1) is 11.2. The fraction of sp³-hybridized carbons (Fsp3) is 0.455. The molecule has 1 saturated carbocycles. The van der Waals surface area contributed by atoms with Gasteiger partial charge in [-0.25, -0.2) is 0 Å². The topological polar surface area (TPSA) is 29.5 Å². The van der Waals surface area contributed by atoms with Crippen molar-refractivity contribution in [1.29, 1.82) is 0 Å². The summed E-state index contributed by atoms with van der Waals surface area (Å²) in [5.74, 6) is 0.636. The smallest absolute Gasteiger partial charge is 0.139 e.